The minimum Gasteiger partial charge on any atom is -0.358 e. The van der Waals surface area contributed by atoms with Crippen LogP contribution in [-0.2, 0) is 21.4 Å². The molecule has 0 aliphatic carbocycles. The number of hydrogen-bond acceptors (Lipinski definition) is 4. The van der Waals surface area contributed by atoms with Gasteiger partial charge >= 0.3 is 0 Å². The fourth-order valence-corrected chi connectivity index (χ4v) is 2.52. The first kappa shape index (κ1) is 14.9. The van der Waals surface area contributed by atoms with Gasteiger partial charge < -0.3 is 11.1 Å². The summed E-state index contributed by atoms with van der Waals surface area (Å²) in [6.45, 7) is -0.0973. The maximum absolute atomic E-state index is 11.8. The van der Waals surface area contributed by atoms with E-state index < -0.39 is 15.9 Å². The predicted octanol–water partition coefficient (Wildman–Crippen LogP) is -0.177. The molecular formula is C10H14ClN3O3S. The Labute approximate surface area is 111 Å². The lowest BCUT2D eigenvalue weighted by atomic mass is 10.2. The van der Waals surface area contributed by atoms with Crippen LogP contribution in [0.5, 0.6) is 0 Å². The van der Waals surface area contributed by atoms with E-state index in [0.29, 0.717) is 5.56 Å². The number of nitrogens with two attached hydrogens (primary N) is 1. The number of rotatable bonds is 5. The zero-order valence-corrected chi connectivity index (χ0v) is 11.3. The molecule has 100 valence electrons. The first-order chi connectivity index (χ1) is 8.40. The van der Waals surface area contributed by atoms with Gasteiger partial charge in [-0.05, 0) is 17.7 Å². The third-order valence-electron chi connectivity index (χ3n) is 2.26. The third-order valence-corrected chi connectivity index (χ3v) is 4.01. The normalized spacial score (nSPS) is 11.3. The van der Waals surface area contributed by atoms with Crippen LogP contribution in [0.15, 0.2) is 23.1 Å². The lowest BCUT2D eigenvalue weighted by Gasteiger charge is -2.08. The Hall–Kier alpha value is -1.15. The highest BCUT2D eigenvalue weighted by Crippen LogP contribution is 2.20. The van der Waals surface area contributed by atoms with Gasteiger partial charge in [-0.3, -0.25) is 4.79 Å². The molecule has 1 amide bonds. The molecule has 0 bridgehead atoms. The van der Waals surface area contributed by atoms with E-state index in [1.54, 1.807) is 0 Å². The molecule has 18 heavy (non-hydrogen) atoms. The maximum atomic E-state index is 11.8. The molecule has 0 atom stereocenters. The van der Waals surface area contributed by atoms with Crippen molar-refractivity contribution in [3.05, 3.63) is 28.8 Å². The number of nitrogens with one attached hydrogen (secondary N) is 2. The number of amides is 1. The number of halogens is 1. The van der Waals surface area contributed by atoms with Gasteiger partial charge in [0.05, 0.1) is 11.4 Å². The van der Waals surface area contributed by atoms with E-state index in [9.17, 15) is 13.2 Å². The molecule has 0 unspecified atom stereocenters. The van der Waals surface area contributed by atoms with Gasteiger partial charge in [0.2, 0.25) is 15.9 Å². The van der Waals surface area contributed by atoms with Crippen LogP contribution in [0.1, 0.15) is 5.56 Å². The maximum Gasteiger partial charge on any atom is 0.241 e. The Bertz CT molecular complexity index is 545. The summed E-state index contributed by atoms with van der Waals surface area (Å²) in [6, 6.07) is 4.23. The zero-order chi connectivity index (χ0) is 13.8. The van der Waals surface area contributed by atoms with Crippen molar-refractivity contribution < 1.29 is 13.2 Å². The molecule has 0 fully saturated rings. The van der Waals surface area contributed by atoms with Gasteiger partial charge in [-0.25, -0.2) is 13.1 Å². The van der Waals surface area contributed by atoms with Gasteiger partial charge in [0.1, 0.15) is 0 Å². The molecule has 0 aromatic heterocycles. The molecule has 0 spiro atoms. The molecule has 6 nitrogen and oxygen atoms in total. The molecule has 0 heterocycles. The summed E-state index contributed by atoms with van der Waals surface area (Å²) < 4.78 is 25.8. The van der Waals surface area contributed by atoms with Crippen molar-refractivity contribution in [3.63, 3.8) is 0 Å². The van der Waals surface area contributed by atoms with Crippen molar-refractivity contribution in [2.75, 3.05) is 13.6 Å². The molecule has 0 radical (unpaired) electrons. The summed E-state index contributed by atoms with van der Waals surface area (Å²) in [5, 5.41) is 2.59. The topological polar surface area (TPSA) is 101 Å². The van der Waals surface area contributed by atoms with E-state index in [1.165, 1.54) is 25.2 Å². The lowest BCUT2D eigenvalue weighted by molar-refractivity contribution is -0.119. The monoisotopic (exact) mass is 291 g/mol. The van der Waals surface area contributed by atoms with Crippen molar-refractivity contribution in [2.24, 2.45) is 5.73 Å². The van der Waals surface area contributed by atoms with Crippen LogP contribution in [0, 0.1) is 0 Å². The molecular weight excluding hydrogens is 278 g/mol. The van der Waals surface area contributed by atoms with Gasteiger partial charge in [-0.1, -0.05) is 17.7 Å². The molecule has 4 N–H and O–H groups in total. The Morgan fingerprint density at radius 3 is 2.61 bits per heavy atom. The second-order valence-electron chi connectivity index (χ2n) is 3.46. The minimum absolute atomic E-state index is 0.00592. The zero-order valence-electron chi connectivity index (χ0n) is 9.73. The number of sulfonamides is 1. The third kappa shape index (κ3) is 3.67. The second-order valence-corrected chi connectivity index (χ2v) is 5.63. The van der Waals surface area contributed by atoms with Crippen LogP contribution in [0.4, 0.5) is 0 Å². The van der Waals surface area contributed by atoms with Gasteiger partial charge in [0, 0.05) is 18.6 Å². The van der Waals surface area contributed by atoms with Crippen molar-refractivity contribution in [1.82, 2.24) is 10.0 Å². The second kappa shape index (κ2) is 6.14. The van der Waals surface area contributed by atoms with E-state index in [4.69, 9.17) is 17.3 Å². The standard InChI is InChI=1S/C10H14ClN3O3S/c1-13-10(15)6-14-18(16,17)8-3-2-7(5-12)9(11)4-8/h2-4,14H,5-6,12H2,1H3,(H,13,15). The first-order valence-electron chi connectivity index (χ1n) is 5.09. The van der Waals surface area contributed by atoms with E-state index in [0.717, 1.165) is 0 Å². The van der Waals surface area contributed by atoms with E-state index >= 15 is 0 Å². The van der Waals surface area contributed by atoms with Gasteiger partial charge in [-0.15, -0.1) is 0 Å². The van der Waals surface area contributed by atoms with Crippen molar-refractivity contribution in [3.8, 4) is 0 Å². The summed E-state index contributed by atoms with van der Waals surface area (Å²) in [7, 11) is -2.33. The number of likely N-dealkylation sites (N-methyl/N-ethyl adjacent to an activating group) is 1. The number of carbonyl (C=O) groups excluding carboxylic acids is 1. The minimum atomic E-state index is -3.75. The average Bonchev–Trinajstić information content (AvgIpc) is 2.35. The van der Waals surface area contributed by atoms with E-state index in [-0.39, 0.29) is 23.0 Å². The average molecular weight is 292 g/mol. The molecule has 0 saturated heterocycles. The lowest BCUT2D eigenvalue weighted by Crippen LogP contribution is -2.35. The Morgan fingerprint density at radius 1 is 1.44 bits per heavy atom. The molecule has 1 aromatic carbocycles. The highest BCUT2D eigenvalue weighted by molar-refractivity contribution is 7.89. The largest absolute Gasteiger partial charge is 0.358 e. The Balaban J connectivity index is 2.92. The molecule has 0 aliphatic heterocycles. The van der Waals surface area contributed by atoms with Gasteiger partial charge in [0.25, 0.3) is 0 Å². The fourth-order valence-electron chi connectivity index (χ4n) is 1.19. The number of benzene rings is 1. The van der Waals surface area contributed by atoms with E-state index in [2.05, 4.69) is 10.0 Å². The van der Waals surface area contributed by atoms with Crippen LogP contribution in [0.3, 0.4) is 0 Å². The molecule has 1 aromatic rings. The predicted molar refractivity (Wildman–Crippen MR) is 68.6 cm³/mol. The Morgan fingerprint density at radius 2 is 2.11 bits per heavy atom. The van der Waals surface area contributed by atoms with Crippen LogP contribution >= 0.6 is 11.6 Å². The van der Waals surface area contributed by atoms with Crippen molar-refractivity contribution >= 4 is 27.5 Å². The summed E-state index contributed by atoms with van der Waals surface area (Å²) in [4.78, 5) is 11.0. The highest BCUT2D eigenvalue weighted by atomic mass is 35.5. The van der Waals surface area contributed by atoms with Gasteiger partial charge in [0.15, 0.2) is 0 Å². The molecule has 8 heteroatoms. The smallest absolute Gasteiger partial charge is 0.241 e. The molecule has 0 aliphatic rings. The fraction of sp³-hybridized carbons (Fsp3) is 0.300. The summed E-state index contributed by atoms with van der Waals surface area (Å²) in [6.07, 6.45) is 0. The number of hydrogen-bond donors (Lipinski definition) is 3. The quantitative estimate of drug-likeness (QED) is 0.700. The Kier molecular flexibility index (Phi) is 5.09. The molecule has 0 saturated carbocycles. The summed E-state index contributed by atoms with van der Waals surface area (Å²) in [5.41, 5.74) is 6.08. The van der Waals surface area contributed by atoms with Crippen LogP contribution < -0.4 is 15.8 Å². The van der Waals surface area contributed by atoms with E-state index in [1.807, 2.05) is 0 Å². The van der Waals surface area contributed by atoms with Crippen molar-refractivity contribution in [1.29, 1.82) is 0 Å². The van der Waals surface area contributed by atoms with Crippen LogP contribution in [-0.4, -0.2) is 27.9 Å². The molecule has 1 rings (SSSR count). The SMILES string of the molecule is CNC(=O)CNS(=O)(=O)c1ccc(CN)c(Cl)c1. The highest BCUT2D eigenvalue weighted by Gasteiger charge is 2.16. The summed E-state index contributed by atoms with van der Waals surface area (Å²) >= 11 is 5.87. The van der Waals surface area contributed by atoms with Crippen molar-refractivity contribution in [2.45, 2.75) is 11.4 Å². The number of carbonyl (C=O) groups is 1. The van der Waals surface area contributed by atoms with Crippen LogP contribution in [0.25, 0.3) is 0 Å². The van der Waals surface area contributed by atoms with Crippen LogP contribution in [0.2, 0.25) is 5.02 Å². The summed E-state index contributed by atoms with van der Waals surface area (Å²) in [5.74, 6) is -0.428. The first-order valence-corrected chi connectivity index (χ1v) is 6.95. The van der Waals surface area contributed by atoms with Gasteiger partial charge in [-0.2, -0.15) is 0 Å².